The van der Waals surface area contributed by atoms with Crippen LogP contribution in [-0.4, -0.2) is 16.9 Å². The van der Waals surface area contributed by atoms with Gasteiger partial charge in [-0.05, 0) is 12.2 Å². The van der Waals surface area contributed by atoms with Gasteiger partial charge in [0.1, 0.15) is 12.1 Å². The number of fused-ring (bicyclic) bond motifs is 1. The van der Waals surface area contributed by atoms with Gasteiger partial charge in [-0.15, -0.1) is 0 Å². The normalized spacial score (nSPS) is 20.6. The molecule has 2 nitrogen and oxygen atoms in total. The molecule has 10 heavy (non-hydrogen) atoms. The third-order valence-electron chi connectivity index (χ3n) is 1.36. The molecule has 0 aromatic carbocycles. The highest BCUT2D eigenvalue weighted by Crippen LogP contribution is 2.12. The zero-order chi connectivity index (χ0) is 6.97. The molecule has 48 valence electrons. The van der Waals surface area contributed by atoms with Crippen molar-refractivity contribution in [3.63, 3.8) is 0 Å². The first-order valence-electron chi connectivity index (χ1n) is 2.91. The van der Waals surface area contributed by atoms with E-state index in [2.05, 4.69) is 9.98 Å². The highest BCUT2D eigenvalue weighted by molar-refractivity contribution is 7.82. The Morgan fingerprint density at radius 3 is 3.10 bits per heavy atom. The summed E-state index contributed by atoms with van der Waals surface area (Å²) in [6, 6.07) is 0. The predicted molar refractivity (Wildman–Crippen MR) is 45.7 cm³/mol. The van der Waals surface area contributed by atoms with E-state index >= 15 is 0 Å². The standard InChI is InChI=1S/C7H4N2S/c10-6-3-1-2-5-7(6)9-4-8-5/h1-4H. The van der Waals surface area contributed by atoms with Crippen LogP contribution in [0.15, 0.2) is 33.9 Å². The molecule has 1 aliphatic carbocycles. The molecule has 0 aromatic heterocycles. The number of rotatable bonds is 0. The van der Waals surface area contributed by atoms with Crippen molar-refractivity contribution in [2.24, 2.45) is 9.98 Å². The van der Waals surface area contributed by atoms with E-state index in [0.29, 0.717) is 0 Å². The Morgan fingerprint density at radius 1 is 1.40 bits per heavy atom. The van der Waals surface area contributed by atoms with Crippen LogP contribution < -0.4 is 0 Å². The van der Waals surface area contributed by atoms with Crippen LogP contribution in [0.2, 0.25) is 0 Å². The summed E-state index contributed by atoms with van der Waals surface area (Å²) in [6.07, 6.45) is 7.17. The summed E-state index contributed by atoms with van der Waals surface area (Å²) in [5, 5.41) is 0. The van der Waals surface area contributed by atoms with E-state index < -0.39 is 0 Å². The Kier molecular flexibility index (Phi) is 1.11. The largest absolute Gasteiger partial charge is 0.235 e. The van der Waals surface area contributed by atoms with Gasteiger partial charge in [-0.1, -0.05) is 18.3 Å². The Balaban J connectivity index is 2.54. The molecule has 1 aliphatic heterocycles. The maximum Gasteiger partial charge on any atom is 0.116 e. The predicted octanol–water partition coefficient (Wildman–Crippen LogP) is 1.29. The van der Waals surface area contributed by atoms with Crippen molar-refractivity contribution in [3.05, 3.63) is 23.9 Å². The van der Waals surface area contributed by atoms with Gasteiger partial charge < -0.3 is 0 Å². The molecule has 0 saturated heterocycles. The lowest BCUT2D eigenvalue weighted by atomic mass is 10.1. The lowest BCUT2D eigenvalue weighted by Crippen LogP contribution is -2.10. The number of hydrogen-bond acceptors (Lipinski definition) is 3. The first kappa shape index (κ1) is 5.68. The number of aliphatic imine (C=N–C) groups is 2. The van der Waals surface area contributed by atoms with Crippen molar-refractivity contribution in [2.75, 3.05) is 0 Å². The lowest BCUT2D eigenvalue weighted by molar-refractivity contribution is 1.52. The fraction of sp³-hybridized carbons (Fsp3) is 0. The van der Waals surface area contributed by atoms with Gasteiger partial charge >= 0.3 is 0 Å². The molecule has 0 unspecified atom stereocenters. The second-order valence-corrected chi connectivity index (χ2v) is 2.44. The molecule has 0 aromatic rings. The van der Waals surface area contributed by atoms with E-state index in [1.807, 2.05) is 18.2 Å². The molecular formula is C7H4N2S. The number of thiocarbonyl (C=S) groups is 1. The fourth-order valence-electron chi connectivity index (χ4n) is 0.893. The molecule has 0 bridgehead atoms. The second kappa shape index (κ2) is 1.95. The Bertz CT molecular complexity index is 302. The van der Waals surface area contributed by atoms with Crippen LogP contribution >= 0.6 is 12.2 Å². The Morgan fingerprint density at radius 2 is 2.30 bits per heavy atom. The summed E-state index contributed by atoms with van der Waals surface area (Å²) in [4.78, 5) is 8.78. The molecule has 0 spiro atoms. The molecule has 2 aliphatic rings. The molecule has 0 N–H and O–H groups in total. The summed E-state index contributed by atoms with van der Waals surface area (Å²) in [5.41, 5.74) is 1.71. The number of hydrogen-bond donors (Lipinski definition) is 0. The summed E-state index contributed by atoms with van der Waals surface area (Å²) in [7, 11) is 0. The molecule has 0 atom stereocenters. The molecule has 1 heterocycles. The molecule has 2 rings (SSSR count). The summed E-state index contributed by atoms with van der Waals surface area (Å²) >= 11 is 5.00. The highest BCUT2D eigenvalue weighted by Gasteiger charge is 2.14. The molecular weight excluding hydrogens is 144 g/mol. The molecule has 0 saturated carbocycles. The van der Waals surface area contributed by atoms with Crippen LogP contribution in [0.3, 0.4) is 0 Å². The SMILES string of the molecule is S=C1C=CC=C2N=CN=C12. The minimum Gasteiger partial charge on any atom is -0.235 e. The maximum atomic E-state index is 5.00. The van der Waals surface area contributed by atoms with Gasteiger partial charge in [0, 0.05) is 0 Å². The van der Waals surface area contributed by atoms with E-state index in [4.69, 9.17) is 12.2 Å². The minimum atomic E-state index is 0.773. The van der Waals surface area contributed by atoms with Gasteiger partial charge in [0.05, 0.1) is 10.6 Å². The van der Waals surface area contributed by atoms with E-state index in [1.54, 1.807) is 0 Å². The highest BCUT2D eigenvalue weighted by atomic mass is 32.1. The van der Waals surface area contributed by atoms with E-state index in [1.165, 1.54) is 6.34 Å². The third-order valence-corrected chi connectivity index (χ3v) is 1.69. The summed E-state index contributed by atoms with van der Waals surface area (Å²) in [5.74, 6) is 0. The average Bonchev–Trinajstić information content (AvgIpc) is 2.36. The summed E-state index contributed by atoms with van der Waals surface area (Å²) in [6.45, 7) is 0. The van der Waals surface area contributed by atoms with E-state index in [0.717, 1.165) is 16.3 Å². The Hall–Kier alpha value is -1.09. The van der Waals surface area contributed by atoms with Gasteiger partial charge in [0.25, 0.3) is 0 Å². The van der Waals surface area contributed by atoms with E-state index in [-0.39, 0.29) is 0 Å². The molecule has 0 fully saturated rings. The van der Waals surface area contributed by atoms with Crippen molar-refractivity contribution in [3.8, 4) is 0 Å². The molecule has 3 heteroatoms. The average molecular weight is 148 g/mol. The van der Waals surface area contributed by atoms with Crippen LogP contribution in [0.1, 0.15) is 0 Å². The Labute approximate surface area is 63.7 Å². The van der Waals surface area contributed by atoms with Crippen LogP contribution in [0, 0.1) is 0 Å². The van der Waals surface area contributed by atoms with Gasteiger partial charge in [-0.25, -0.2) is 9.98 Å². The smallest absolute Gasteiger partial charge is 0.116 e. The van der Waals surface area contributed by atoms with Gasteiger partial charge in [-0.3, -0.25) is 0 Å². The van der Waals surface area contributed by atoms with Crippen molar-refractivity contribution >= 4 is 29.1 Å². The minimum absolute atomic E-state index is 0.773. The zero-order valence-electron chi connectivity index (χ0n) is 5.11. The summed E-state index contributed by atoms with van der Waals surface area (Å²) < 4.78 is 0. The van der Waals surface area contributed by atoms with Crippen molar-refractivity contribution < 1.29 is 0 Å². The second-order valence-electron chi connectivity index (χ2n) is 2.00. The molecule has 0 amide bonds. The lowest BCUT2D eigenvalue weighted by Gasteiger charge is -2.01. The van der Waals surface area contributed by atoms with Crippen LogP contribution in [0.5, 0.6) is 0 Å². The van der Waals surface area contributed by atoms with Crippen LogP contribution in [0.25, 0.3) is 0 Å². The van der Waals surface area contributed by atoms with Crippen molar-refractivity contribution in [1.29, 1.82) is 0 Å². The van der Waals surface area contributed by atoms with Crippen molar-refractivity contribution in [1.82, 2.24) is 0 Å². The van der Waals surface area contributed by atoms with Gasteiger partial charge in [0.15, 0.2) is 0 Å². The van der Waals surface area contributed by atoms with Crippen molar-refractivity contribution in [2.45, 2.75) is 0 Å². The first-order valence-corrected chi connectivity index (χ1v) is 3.32. The fourth-order valence-corrected chi connectivity index (χ4v) is 1.13. The third kappa shape index (κ3) is 0.675. The van der Waals surface area contributed by atoms with Gasteiger partial charge in [0.2, 0.25) is 0 Å². The maximum absolute atomic E-state index is 5.00. The van der Waals surface area contributed by atoms with Gasteiger partial charge in [-0.2, -0.15) is 0 Å². The molecule has 0 radical (unpaired) electrons. The zero-order valence-corrected chi connectivity index (χ0v) is 5.93. The monoisotopic (exact) mass is 148 g/mol. The quantitative estimate of drug-likeness (QED) is 0.475. The van der Waals surface area contributed by atoms with E-state index in [9.17, 15) is 0 Å². The number of allylic oxidation sites excluding steroid dienone is 4. The topological polar surface area (TPSA) is 24.7 Å². The van der Waals surface area contributed by atoms with Crippen LogP contribution in [0.4, 0.5) is 0 Å². The van der Waals surface area contributed by atoms with Crippen LogP contribution in [-0.2, 0) is 0 Å². The first-order chi connectivity index (χ1) is 4.88. The number of nitrogens with zero attached hydrogens (tertiary/aromatic N) is 2.